The number of aromatic amines is 1. The highest BCUT2D eigenvalue weighted by Crippen LogP contribution is 2.90. The molecule has 1 aromatic rings. The van der Waals surface area contributed by atoms with Gasteiger partial charge in [0.1, 0.15) is 28.1 Å². The number of nitrogens with one attached hydrogen (secondary N) is 1. The van der Waals surface area contributed by atoms with Crippen molar-refractivity contribution in [1.82, 2.24) is 4.98 Å². The zero-order valence-electron chi connectivity index (χ0n) is 20.7. The van der Waals surface area contributed by atoms with Crippen LogP contribution in [0.5, 0.6) is 0 Å². The van der Waals surface area contributed by atoms with E-state index >= 15 is 0 Å². The first-order valence-corrected chi connectivity index (χ1v) is 12.5. The molecule has 2 aliphatic heterocycles. The van der Waals surface area contributed by atoms with E-state index in [1.165, 1.54) is 19.2 Å². The normalized spacial score (nSPS) is 58.5. The Morgan fingerprint density at radius 3 is 2.47 bits per heavy atom. The van der Waals surface area contributed by atoms with Crippen molar-refractivity contribution in [2.45, 2.75) is 93.0 Å². The van der Waals surface area contributed by atoms with Crippen LogP contribution in [0.1, 0.15) is 57.4 Å². The number of carbonyl (C=O) groups excluding carboxylic acids is 1. The first-order chi connectivity index (χ1) is 16.6. The number of hydrogen-bond acceptors (Lipinski definition) is 10. The highest BCUT2D eigenvalue weighted by atomic mass is 16.7. The fraction of sp³-hybridized carbons (Fsp3) is 0.800. The minimum atomic E-state index is -2.74. The van der Waals surface area contributed by atoms with Gasteiger partial charge in [0.25, 0.3) is 0 Å². The summed E-state index contributed by atoms with van der Waals surface area (Å²) in [5, 5.41) is 85.0. The smallest absolute Gasteiger partial charge is 0.355 e. The molecule has 0 radical (unpaired) electrons. The second kappa shape index (κ2) is 6.35. The van der Waals surface area contributed by atoms with Gasteiger partial charge in [-0.25, -0.2) is 4.79 Å². The fourth-order valence-corrected chi connectivity index (χ4v) is 9.62. The summed E-state index contributed by atoms with van der Waals surface area (Å²) in [5.41, 5.74) is -16.7. The van der Waals surface area contributed by atoms with Crippen molar-refractivity contribution < 1.29 is 50.0 Å². The molecular formula is C25H35NO10. The molecule has 8 N–H and O–H groups in total. The summed E-state index contributed by atoms with van der Waals surface area (Å²) in [5.74, 6) is -4.74. The van der Waals surface area contributed by atoms with Crippen molar-refractivity contribution >= 4 is 5.97 Å². The van der Waals surface area contributed by atoms with Crippen molar-refractivity contribution in [3.63, 3.8) is 0 Å². The summed E-state index contributed by atoms with van der Waals surface area (Å²) in [6, 6.07) is 2.99. The second-order valence-corrected chi connectivity index (χ2v) is 12.3. The van der Waals surface area contributed by atoms with Crippen LogP contribution in [0.15, 0.2) is 18.3 Å². The molecule has 6 aliphatic rings. The lowest BCUT2D eigenvalue weighted by Gasteiger charge is -2.61. The molecule has 3 heterocycles. The Hall–Kier alpha value is -1.57. The van der Waals surface area contributed by atoms with Crippen molar-refractivity contribution in [3.8, 4) is 0 Å². The van der Waals surface area contributed by atoms with Gasteiger partial charge in [-0.2, -0.15) is 0 Å². The van der Waals surface area contributed by atoms with Crippen LogP contribution in [-0.2, 0) is 9.47 Å². The van der Waals surface area contributed by atoms with Gasteiger partial charge in [-0.15, -0.1) is 0 Å². The Morgan fingerprint density at radius 2 is 1.92 bits per heavy atom. The SMILES string of the molecule is CC(C)[C@@]1(O)[C@@H](OC(=O)c2ccc[nH]2)[C@@]2(O)[C@@]3(CO)C[C@@]4(O)O[C@@]5([C@H](O)[C@H](C)CC[C@]35O)[C@@]2(O)[C@@]41C. The number of carbonyl (C=O) groups is 1. The minimum Gasteiger partial charge on any atom is -0.451 e. The molecule has 4 saturated carbocycles. The van der Waals surface area contributed by atoms with E-state index in [2.05, 4.69) is 4.98 Å². The molecule has 11 nitrogen and oxygen atoms in total. The third kappa shape index (κ3) is 1.77. The molecule has 6 fully saturated rings. The molecule has 36 heavy (non-hydrogen) atoms. The molecule has 0 unspecified atom stereocenters. The molecule has 0 aromatic carbocycles. The standard InChI is InChI=1S/C25H35NO10/c1-12(2)22(32)17(35-16(29)14-6-5-9-26-14)23(33)19(11-27)10-21(31)18(22,4)25(23,34)24(36-21)15(28)13(3)7-8-20(19,24)30/h5-6,9,12-13,15,17,26-28,30-34H,7-8,10-11H2,1-4H3/t13-,15-,17-,18+,19-,20+,21-,22-,23-,24-,25-/m1/s1. The van der Waals surface area contributed by atoms with Crippen molar-refractivity contribution in [2.75, 3.05) is 6.61 Å². The Balaban J connectivity index is 1.71. The lowest BCUT2D eigenvalue weighted by molar-refractivity contribution is -0.396. The third-order valence-corrected chi connectivity index (χ3v) is 11.3. The zero-order valence-corrected chi connectivity index (χ0v) is 20.7. The van der Waals surface area contributed by atoms with E-state index in [0.717, 1.165) is 0 Å². The highest BCUT2D eigenvalue weighted by Gasteiger charge is 3.11. The van der Waals surface area contributed by atoms with E-state index in [4.69, 9.17) is 9.47 Å². The highest BCUT2D eigenvalue weighted by molar-refractivity contribution is 5.87. The van der Waals surface area contributed by atoms with Crippen molar-refractivity contribution in [1.29, 1.82) is 0 Å². The molecule has 1 aromatic heterocycles. The first-order valence-electron chi connectivity index (χ1n) is 12.5. The molecule has 1 spiro atoms. The maximum absolute atomic E-state index is 13.2. The van der Waals surface area contributed by atoms with Crippen LogP contribution in [0, 0.1) is 22.7 Å². The van der Waals surface area contributed by atoms with Gasteiger partial charge in [0, 0.05) is 12.6 Å². The average molecular weight is 510 g/mol. The van der Waals surface area contributed by atoms with E-state index in [0.29, 0.717) is 0 Å². The number of H-pyrrole nitrogens is 1. The number of ether oxygens (including phenoxy) is 2. The van der Waals surface area contributed by atoms with E-state index in [1.807, 2.05) is 0 Å². The van der Waals surface area contributed by atoms with Crippen LogP contribution < -0.4 is 0 Å². The van der Waals surface area contributed by atoms with Crippen LogP contribution in [-0.4, -0.2) is 99.3 Å². The Kier molecular flexibility index (Phi) is 4.36. The Labute approximate surface area is 207 Å². The predicted molar refractivity (Wildman–Crippen MR) is 120 cm³/mol. The number of aliphatic hydroxyl groups excluding tert-OH is 2. The van der Waals surface area contributed by atoms with E-state index in [-0.39, 0.29) is 18.5 Å². The van der Waals surface area contributed by atoms with E-state index in [1.54, 1.807) is 26.8 Å². The lowest BCUT2D eigenvalue weighted by Crippen LogP contribution is -2.75. The van der Waals surface area contributed by atoms with Gasteiger partial charge in [-0.05, 0) is 43.7 Å². The minimum absolute atomic E-state index is 0.0109. The van der Waals surface area contributed by atoms with Gasteiger partial charge in [0.05, 0.1) is 23.5 Å². The van der Waals surface area contributed by atoms with Crippen LogP contribution >= 0.6 is 0 Å². The topological polar surface area (TPSA) is 193 Å². The molecule has 2 saturated heterocycles. The van der Waals surface area contributed by atoms with Crippen LogP contribution in [0.4, 0.5) is 0 Å². The number of esters is 1. The van der Waals surface area contributed by atoms with Gasteiger partial charge in [-0.1, -0.05) is 20.8 Å². The predicted octanol–water partition coefficient (Wildman–Crippen LogP) is -1.22. The van der Waals surface area contributed by atoms with E-state index < -0.39 is 87.7 Å². The molecular weight excluding hydrogens is 474 g/mol. The number of rotatable bonds is 4. The molecule has 7 rings (SSSR count). The lowest BCUT2D eigenvalue weighted by atomic mass is 9.52. The zero-order chi connectivity index (χ0) is 26.5. The third-order valence-electron chi connectivity index (χ3n) is 11.3. The summed E-state index contributed by atoms with van der Waals surface area (Å²) >= 11 is 0. The Morgan fingerprint density at radius 1 is 1.25 bits per heavy atom. The van der Waals surface area contributed by atoms with Gasteiger partial charge in [-0.3, -0.25) is 0 Å². The quantitative estimate of drug-likeness (QED) is 0.228. The van der Waals surface area contributed by atoms with Crippen molar-refractivity contribution in [3.05, 3.63) is 24.0 Å². The molecule has 6 bridgehead atoms. The molecule has 11 heteroatoms. The summed E-state index contributed by atoms with van der Waals surface area (Å²) < 4.78 is 12.0. The number of aromatic nitrogens is 1. The molecule has 4 aliphatic carbocycles. The number of hydrogen-bond donors (Lipinski definition) is 8. The summed E-state index contributed by atoms with van der Waals surface area (Å²) in [6.45, 7) is 5.23. The molecule has 200 valence electrons. The summed E-state index contributed by atoms with van der Waals surface area (Å²) in [7, 11) is 0. The fourth-order valence-electron chi connectivity index (χ4n) is 9.62. The maximum Gasteiger partial charge on any atom is 0.355 e. The maximum atomic E-state index is 13.2. The first kappa shape index (κ1) is 24.7. The average Bonchev–Trinajstić information content (AvgIpc) is 3.45. The monoisotopic (exact) mass is 509 g/mol. The number of aliphatic hydroxyl groups is 7. The second-order valence-electron chi connectivity index (χ2n) is 12.3. The van der Waals surface area contributed by atoms with Crippen LogP contribution in [0.25, 0.3) is 0 Å². The molecule has 0 amide bonds. The summed E-state index contributed by atoms with van der Waals surface area (Å²) in [6.07, 6.45) is -2.41. The van der Waals surface area contributed by atoms with Gasteiger partial charge in [0.2, 0.25) is 0 Å². The van der Waals surface area contributed by atoms with Gasteiger partial charge < -0.3 is 50.2 Å². The largest absolute Gasteiger partial charge is 0.451 e. The van der Waals surface area contributed by atoms with Crippen LogP contribution in [0.3, 0.4) is 0 Å². The van der Waals surface area contributed by atoms with Gasteiger partial charge in [0.15, 0.2) is 17.5 Å². The molecule has 11 atom stereocenters. The summed E-state index contributed by atoms with van der Waals surface area (Å²) in [4.78, 5) is 15.9. The van der Waals surface area contributed by atoms with Gasteiger partial charge >= 0.3 is 5.97 Å². The Bertz CT molecular complexity index is 1140. The van der Waals surface area contributed by atoms with Crippen molar-refractivity contribution in [2.24, 2.45) is 22.7 Å². The van der Waals surface area contributed by atoms with E-state index in [9.17, 15) is 40.5 Å². The van der Waals surface area contributed by atoms with Crippen LogP contribution in [0.2, 0.25) is 0 Å².